The predicted molar refractivity (Wildman–Crippen MR) is 142 cm³/mol. The lowest BCUT2D eigenvalue weighted by Gasteiger charge is -2.12. The maximum atomic E-state index is 13.1. The number of fused-ring (bicyclic) bond motifs is 1. The van der Waals surface area contributed by atoms with E-state index in [2.05, 4.69) is 72.5 Å². The molecule has 1 N–H and O–H groups in total. The summed E-state index contributed by atoms with van der Waals surface area (Å²) < 4.78 is 0. The zero-order valence-corrected chi connectivity index (χ0v) is 20.3. The third kappa shape index (κ3) is 4.69. The first-order valence-electron chi connectivity index (χ1n) is 12.1. The van der Waals surface area contributed by atoms with Crippen molar-refractivity contribution in [3.8, 4) is 29.7 Å². The Hall–Kier alpha value is -4.48. The van der Waals surface area contributed by atoms with Crippen LogP contribution >= 0.6 is 0 Å². The van der Waals surface area contributed by atoms with Gasteiger partial charge in [0, 0.05) is 23.1 Å². The molecule has 1 aromatic heterocycles. The Morgan fingerprint density at radius 2 is 1.92 bits per heavy atom. The van der Waals surface area contributed by atoms with Crippen LogP contribution in [0.1, 0.15) is 65.8 Å². The number of carbonyl (C=O) groups excluding carboxylic acids is 1. The Kier molecular flexibility index (Phi) is 6.23. The summed E-state index contributed by atoms with van der Waals surface area (Å²) in [6, 6.07) is 23.4. The largest absolute Gasteiger partial charge is 0.319 e. The molecule has 1 aliphatic rings. The van der Waals surface area contributed by atoms with Gasteiger partial charge in [-0.25, -0.2) is 9.97 Å². The van der Waals surface area contributed by atoms with Crippen LogP contribution in [0.25, 0.3) is 22.2 Å². The molecule has 5 rings (SSSR count). The standard InChI is InChI=1S/C31H26N4O/c1-4-6-23-16-26(23)24-13-14-28-27(17-24)29(22-11-9-21(10-12-22)19(2)3)35-30(34-28)31(36)33-25-8-5-7-20(15-25)18-32/h1,5,7-15,17,19,23,26H,6,16H2,2-3H3,(H,33,36). The van der Waals surface area contributed by atoms with Gasteiger partial charge in [0.25, 0.3) is 5.91 Å². The summed E-state index contributed by atoms with van der Waals surface area (Å²) in [6.07, 6.45) is 7.41. The summed E-state index contributed by atoms with van der Waals surface area (Å²) in [5.74, 6) is 3.83. The van der Waals surface area contributed by atoms with Gasteiger partial charge in [-0.15, -0.1) is 12.3 Å². The number of nitrogens with zero attached hydrogens (tertiary/aromatic N) is 3. The van der Waals surface area contributed by atoms with E-state index in [-0.39, 0.29) is 5.82 Å². The summed E-state index contributed by atoms with van der Waals surface area (Å²) in [4.78, 5) is 22.5. The molecule has 5 nitrogen and oxygen atoms in total. The van der Waals surface area contributed by atoms with Crippen molar-refractivity contribution in [3.05, 3.63) is 89.2 Å². The summed E-state index contributed by atoms with van der Waals surface area (Å²) in [6.45, 7) is 4.32. The molecule has 1 fully saturated rings. The van der Waals surface area contributed by atoms with Crippen LogP contribution in [0.3, 0.4) is 0 Å². The molecule has 2 atom stereocenters. The van der Waals surface area contributed by atoms with Gasteiger partial charge in [-0.3, -0.25) is 4.79 Å². The third-order valence-corrected chi connectivity index (χ3v) is 6.75. The van der Waals surface area contributed by atoms with E-state index >= 15 is 0 Å². The smallest absolute Gasteiger partial charge is 0.293 e. The van der Waals surface area contributed by atoms with Crippen LogP contribution in [-0.2, 0) is 0 Å². The van der Waals surface area contributed by atoms with Gasteiger partial charge in [-0.2, -0.15) is 5.26 Å². The lowest BCUT2D eigenvalue weighted by molar-refractivity contribution is 0.101. The highest BCUT2D eigenvalue weighted by Gasteiger charge is 2.37. The van der Waals surface area contributed by atoms with Gasteiger partial charge in [0.1, 0.15) is 0 Å². The third-order valence-electron chi connectivity index (χ3n) is 6.75. The van der Waals surface area contributed by atoms with E-state index in [9.17, 15) is 4.79 Å². The Labute approximate surface area is 211 Å². The van der Waals surface area contributed by atoms with Crippen molar-refractivity contribution in [1.82, 2.24) is 9.97 Å². The van der Waals surface area contributed by atoms with Crippen LogP contribution in [0, 0.1) is 29.6 Å². The van der Waals surface area contributed by atoms with Crippen LogP contribution in [-0.4, -0.2) is 15.9 Å². The van der Waals surface area contributed by atoms with Gasteiger partial charge in [0.05, 0.1) is 22.8 Å². The number of amides is 1. The van der Waals surface area contributed by atoms with Gasteiger partial charge >= 0.3 is 0 Å². The summed E-state index contributed by atoms with van der Waals surface area (Å²) in [5.41, 5.74) is 5.83. The predicted octanol–water partition coefficient (Wildman–Crippen LogP) is 6.67. The second-order valence-corrected chi connectivity index (χ2v) is 9.61. The fraction of sp³-hybridized carbons (Fsp3) is 0.226. The first-order chi connectivity index (χ1) is 17.5. The maximum absolute atomic E-state index is 13.1. The zero-order chi connectivity index (χ0) is 25.2. The van der Waals surface area contributed by atoms with Crippen molar-refractivity contribution < 1.29 is 4.79 Å². The molecule has 1 heterocycles. The molecule has 1 saturated carbocycles. The first-order valence-corrected chi connectivity index (χ1v) is 12.1. The minimum Gasteiger partial charge on any atom is -0.319 e. The van der Waals surface area contributed by atoms with Crippen molar-refractivity contribution >= 4 is 22.5 Å². The fourth-order valence-electron chi connectivity index (χ4n) is 4.61. The SMILES string of the molecule is C#CCC1CC1c1ccc2nc(C(=O)Nc3cccc(C#N)c3)nc(-c3ccc(C(C)C)cc3)c2c1. The zero-order valence-electron chi connectivity index (χ0n) is 20.3. The molecule has 0 radical (unpaired) electrons. The molecule has 0 spiro atoms. The van der Waals surface area contributed by atoms with Gasteiger partial charge in [-0.05, 0) is 65.6 Å². The van der Waals surface area contributed by atoms with Crippen LogP contribution in [0.5, 0.6) is 0 Å². The number of anilines is 1. The monoisotopic (exact) mass is 470 g/mol. The lowest BCUT2D eigenvalue weighted by atomic mass is 9.98. The van der Waals surface area contributed by atoms with Crippen molar-refractivity contribution in [3.63, 3.8) is 0 Å². The van der Waals surface area contributed by atoms with Crippen molar-refractivity contribution in [1.29, 1.82) is 5.26 Å². The van der Waals surface area contributed by atoms with Gasteiger partial charge in [0.15, 0.2) is 0 Å². The van der Waals surface area contributed by atoms with Gasteiger partial charge in [-0.1, -0.05) is 50.2 Å². The number of nitriles is 1. The van der Waals surface area contributed by atoms with Gasteiger partial charge < -0.3 is 5.32 Å². The number of terminal acetylenes is 1. The molecule has 0 aliphatic heterocycles. The lowest BCUT2D eigenvalue weighted by Crippen LogP contribution is -2.16. The van der Waals surface area contributed by atoms with E-state index in [0.717, 1.165) is 29.5 Å². The maximum Gasteiger partial charge on any atom is 0.293 e. The highest BCUT2D eigenvalue weighted by Crippen LogP contribution is 2.50. The first kappa shape index (κ1) is 23.3. The second kappa shape index (κ2) is 9.64. The second-order valence-electron chi connectivity index (χ2n) is 9.61. The number of hydrogen-bond donors (Lipinski definition) is 1. The van der Waals surface area contributed by atoms with Crippen molar-refractivity contribution in [2.45, 2.75) is 38.5 Å². The molecule has 0 bridgehead atoms. The normalized spacial score (nSPS) is 16.4. The van der Waals surface area contributed by atoms with Crippen molar-refractivity contribution in [2.75, 3.05) is 5.32 Å². The number of hydrogen-bond acceptors (Lipinski definition) is 4. The van der Waals surface area contributed by atoms with E-state index in [1.807, 2.05) is 6.07 Å². The average Bonchev–Trinajstić information content (AvgIpc) is 3.67. The Balaban J connectivity index is 1.57. The van der Waals surface area contributed by atoms with E-state index in [1.54, 1.807) is 24.3 Å². The fourth-order valence-corrected chi connectivity index (χ4v) is 4.61. The van der Waals surface area contributed by atoms with Crippen LogP contribution < -0.4 is 5.32 Å². The molecule has 36 heavy (non-hydrogen) atoms. The average molecular weight is 471 g/mol. The van der Waals surface area contributed by atoms with Crippen molar-refractivity contribution in [2.24, 2.45) is 5.92 Å². The highest BCUT2D eigenvalue weighted by atomic mass is 16.2. The number of rotatable bonds is 6. The van der Waals surface area contributed by atoms with E-state index < -0.39 is 5.91 Å². The van der Waals surface area contributed by atoms with Gasteiger partial charge in [0.2, 0.25) is 5.82 Å². The molecular weight excluding hydrogens is 444 g/mol. The minimum absolute atomic E-state index is 0.0807. The quantitative estimate of drug-likeness (QED) is 0.319. The molecule has 4 aromatic rings. The Morgan fingerprint density at radius 3 is 2.64 bits per heavy atom. The number of benzene rings is 3. The number of aromatic nitrogens is 2. The summed E-state index contributed by atoms with van der Waals surface area (Å²) in [7, 11) is 0. The molecule has 3 aromatic carbocycles. The molecule has 2 unspecified atom stereocenters. The van der Waals surface area contributed by atoms with Crippen LogP contribution in [0.4, 0.5) is 5.69 Å². The molecular formula is C31H26N4O. The Morgan fingerprint density at radius 1 is 1.11 bits per heavy atom. The molecule has 0 saturated heterocycles. The molecule has 1 amide bonds. The number of carbonyl (C=O) groups is 1. The van der Waals surface area contributed by atoms with E-state index in [4.69, 9.17) is 16.7 Å². The Bertz CT molecular complexity index is 1540. The van der Waals surface area contributed by atoms with Crippen LogP contribution in [0.15, 0.2) is 66.7 Å². The highest BCUT2D eigenvalue weighted by molar-refractivity contribution is 6.04. The minimum atomic E-state index is -0.424. The number of nitrogens with one attached hydrogen (secondary N) is 1. The summed E-state index contributed by atoms with van der Waals surface area (Å²) >= 11 is 0. The van der Waals surface area contributed by atoms with E-state index in [1.165, 1.54) is 11.1 Å². The molecule has 176 valence electrons. The topological polar surface area (TPSA) is 78.7 Å². The van der Waals surface area contributed by atoms with E-state index in [0.29, 0.717) is 34.5 Å². The van der Waals surface area contributed by atoms with Crippen LogP contribution in [0.2, 0.25) is 0 Å². The molecule has 1 aliphatic carbocycles. The summed E-state index contributed by atoms with van der Waals surface area (Å²) in [5, 5.41) is 12.9. The molecule has 5 heteroatoms.